The number of nitrogens with two attached hydrogens (primary N) is 1. The first-order valence-corrected chi connectivity index (χ1v) is 6.89. The van der Waals surface area contributed by atoms with E-state index in [1.54, 1.807) is 0 Å². The second-order valence-corrected chi connectivity index (χ2v) is 4.87. The Balaban J connectivity index is 2.45. The molecule has 1 aromatic rings. The van der Waals surface area contributed by atoms with E-state index in [0.717, 1.165) is 25.1 Å². The monoisotopic (exact) mass is 262 g/mol. The molecule has 0 heterocycles. The molecule has 0 bridgehead atoms. The Labute approximate surface area is 105 Å². The van der Waals surface area contributed by atoms with Gasteiger partial charge in [-0.2, -0.15) is 11.8 Å². The highest BCUT2D eigenvalue weighted by atomic mass is 35.5. The fraction of sp³-hybridized carbons (Fsp3) is 0.455. The molecule has 0 fully saturated rings. The molecular formula is C11H16ClFN2S. The van der Waals surface area contributed by atoms with Crippen molar-refractivity contribution in [3.63, 3.8) is 0 Å². The largest absolute Gasteiger partial charge is 0.397 e. The summed E-state index contributed by atoms with van der Waals surface area (Å²) >= 11 is 7.51. The molecule has 0 saturated carbocycles. The zero-order valence-corrected chi connectivity index (χ0v) is 10.8. The summed E-state index contributed by atoms with van der Waals surface area (Å²) in [7, 11) is 0. The van der Waals surface area contributed by atoms with Crippen molar-refractivity contribution in [3.05, 3.63) is 23.0 Å². The molecule has 0 aliphatic rings. The predicted molar refractivity (Wildman–Crippen MR) is 71.9 cm³/mol. The van der Waals surface area contributed by atoms with Gasteiger partial charge in [-0.3, -0.25) is 0 Å². The molecule has 0 aromatic heterocycles. The molecule has 90 valence electrons. The van der Waals surface area contributed by atoms with E-state index < -0.39 is 5.82 Å². The molecule has 16 heavy (non-hydrogen) atoms. The maximum atomic E-state index is 13.0. The van der Waals surface area contributed by atoms with Crippen LogP contribution in [-0.4, -0.2) is 18.6 Å². The topological polar surface area (TPSA) is 38.0 Å². The van der Waals surface area contributed by atoms with Crippen molar-refractivity contribution >= 4 is 34.7 Å². The Morgan fingerprint density at radius 2 is 2.19 bits per heavy atom. The van der Waals surface area contributed by atoms with Gasteiger partial charge in [-0.1, -0.05) is 11.6 Å². The van der Waals surface area contributed by atoms with E-state index in [9.17, 15) is 4.39 Å². The molecule has 0 amide bonds. The highest BCUT2D eigenvalue weighted by Gasteiger charge is 2.05. The van der Waals surface area contributed by atoms with E-state index >= 15 is 0 Å². The second-order valence-electron chi connectivity index (χ2n) is 3.48. The van der Waals surface area contributed by atoms with Gasteiger partial charge in [0.1, 0.15) is 5.82 Å². The van der Waals surface area contributed by atoms with Gasteiger partial charge in [0.25, 0.3) is 0 Å². The van der Waals surface area contributed by atoms with Crippen LogP contribution in [0.5, 0.6) is 0 Å². The molecule has 0 radical (unpaired) electrons. The molecule has 0 spiro atoms. The first-order valence-electron chi connectivity index (χ1n) is 5.12. The maximum absolute atomic E-state index is 13.0. The fourth-order valence-electron chi connectivity index (χ4n) is 1.31. The Morgan fingerprint density at radius 1 is 1.44 bits per heavy atom. The Bertz CT molecular complexity index is 347. The van der Waals surface area contributed by atoms with E-state index in [-0.39, 0.29) is 5.02 Å². The molecule has 0 unspecified atom stereocenters. The third kappa shape index (κ3) is 4.10. The first-order chi connectivity index (χ1) is 7.65. The summed E-state index contributed by atoms with van der Waals surface area (Å²) < 4.78 is 13.0. The van der Waals surface area contributed by atoms with Gasteiger partial charge in [0, 0.05) is 12.6 Å². The van der Waals surface area contributed by atoms with E-state index in [1.807, 2.05) is 11.8 Å². The Morgan fingerprint density at radius 3 is 2.88 bits per heavy atom. The quantitative estimate of drug-likeness (QED) is 0.608. The van der Waals surface area contributed by atoms with Crippen molar-refractivity contribution in [2.45, 2.75) is 12.8 Å². The molecule has 0 atom stereocenters. The summed E-state index contributed by atoms with van der Waals surface area (Å²) in [6.45, 7) is 0.826. The van der Waals surface area contributed by atoms with Crippen LogP contribution in [0.25, 0.3) is 0 Å². The second kappa shape index (κ2) is 6.86. The maximum Gasteiger partial charge on any atom is 0.143 e. The van der Waals surface area contributed by atoms with Gasteiger partial charge in [0.2, 0.25) is 0 Å². The minimum Gasteiger partial charge on any atom is -0.397 e. The lowest BCUT2D eigenvalue weighted by Gasteiger charge is -2.09. The highest BCUT2D eigenvalue weighted by Crippen LogP contribution is 2.26. The number of thioether (sulfide) groups is 1. The summed E-state index contributed by atoms with van der Waals surface area (Å²) in [5.74, 6) is 0.675. The van der Waals surface area contributed by atoms with E-state index in [0.29, 0.717) is 11.4 Å². The number of unbranched alkanes of at least 4 members (excludes halogenated alkanes) is 1. The molecule has 0 aliphatic carbocycles. The first kappa shape index (κ1) is 13.5. The summed E-state index contributed by atoms with van der Waals surface area (Å²) in [5.41, 5.74) is 6.77. The van der Waals surface area contributed by atoms with Crippen molar-refractivity contribution in [2.75, 3.05) is 29.6 Å². The lowest BCUT2D eigenvalue weighted by atomic mass is 10.2. The molecule has 0 aliphatic heterocycles. The lowest BCUT2D eigenvalue weighted by molar-refractivity contribution is 0.629. The van der Waals surface area contributed by atoms with Crippen LogP contribution in [0.15, 0.2) is 12.1 Å². The number of nitrogen functional groups attached to an aromatic ring is 1. The van der Waals surface area contributed by atoms with Crippen LogP contribution in [0, 0.1) is 5.82 Å². The summed E-state index contributed by atoms with van der Waals surface area (Å²) in [6.07, 6.45) is 4.31. The highest BCUT2D eigenvalue weighted by molar-refractivity contribution is 7.98. The van der Waals surface area contributed by atoms with E-state index in [2.05, 4.69) is 11.6 Å². The molecule has 5 heteroatoms. The van der Waals surface area contributed by atoms with Gasteiger partial charge >= 0.3 is 0 Å². The van der Waals surface area contributed by atoms with Gasteiger partial charge in [0.05, 0.1) is 16.4 Å². The van der Waals surface area contributed by atoms with Crippen LogP contribution in [0.1, 0.15) is 12.8 Å². The Hall–Kier alpha value is -0.610. The molecule has 3 N–H and O–H groups in total. The van der Waals surface area contributed by atoms with Gasteiger partial charge in [0.15, 0.2) is 0 Å². The van der Waals surface area contributed by atoms with E-state index in [1.165, 1.54) is 12.1 Å². The molecule has 0 saturated heterocycles. The normalized spacial score (nSPS) is 10.4. The summed E-state index contributed by atoms with van der Waals surface area (Å²) in [5, 5.41) is 3.25. The van der Waals surface area contributed by atoms with Gasteiger partial charge in [-0.05, 0) is 30.9 Å². The van der Waals surface area contributed by atoms with Crippen LogP contribution in [0.4, 0.5) is 15.8 Å². The Kier molecular flexibility index (Phi) is 5.77. The summed E-state index contributed by atoms with van der Waals surface area (Å²) in [6, 6.07) is 2.77. The lowest BCUT2D eigenvalue weighted by Crippen LogP contribution is -2.05. The minimum atomic E-state index is -0.480. The van der Waals surface area contributed by atoms with Crippen LogP contribution < -0.4 is 11.1 Å². The average Bonchev–Trinajstić information content (AvgIpc) is 2.25. The average molecular weight is 263 g/mol. The SMILES string of the molecule is CSCCCCNc1cc(Cl)c(F)cc1N. The third-order valence-electron chi connectivity index (χ3n) is 2.18. The zero-order valence-electron chi connectivity index (χ0n) is 9.22. The summed E-state index contributed by atoms with van der Waals surface area (Å²) in [4.78, 5) is 0. The number of hydrogen-bond donors (Lipinski definition) is 2. The van der Waals surface area contributed by atoms with Gasteiger partial charge < -0.3 is 11.1 Å². The number of hydrogen-bond acceptors (Lipinski definition) is 3. The van der Waals surface area contributed by atoms with Crippen molar-refractivity contribution in [3.8, 4) is 0 Å². The van der Waals surface area contributed by atoms with Crippen molar-refractivity contribution in [1.29, 1.82) is 0 Å². The molecule has 2 nitrogen and oxygen atoms in total. The van der Waals surface area contributed by atoms with Gasteiger partial charge in [-0.15, -0.1) is 0 Å². The van der Waals surface area contributed by atoms with Crippen LogP contribution in [0.3, 0.4) is 0 Å². The molecule has 1 rings (SSSR count). The minimum absolute atomic E-state index is 0.0980. The predicted octanol–water partition coefficient (Wildman–Crippen LogP) is 3.62. The van der Waals surface area contributed by atoms with Crippen molar-refractivity contribution < 1.29 is 4.39 Å². The third-order valence-corrected chi connectivity index (χ3v) is 3.17. The van der Waals surface area contributed by atoms with Crippen LogP contribution in [0.2, 0.25) is 5.02 Å². The van der Waals surface area contributed by atoms with Crippen LogP contribution in [-0.2, 0) is 0 Å². The fourth-order valence-corrected chi connectivity index (χ4v) is 1.97. The molecular weight excluding hydrogens is 247 g/mol. The number of anilines is 2. The standard InChI is InChI=1S/C11H16ClFN2S/c1-16-5-3-2-4-15-11-6-8(12)9(13)7-10(11)14/h6-7,15H,2-5,14H2,1H3. The zero-order chi connectivity index (χ0) is 12.0. The number of rotatable bonds is 6. The van der Waals surface area contributed by atoms with Crippen molar-refractivity contribution in [1.82, 2.24) is 0 Å². The van der Waals surface area contributed by atoms with Gasteiger partial charge in [-0.25, -0.2) is 4.39 Å². The number of halogens is 2. The number of benzene rings is 1. The molecule has 1 aromatic carbocycles. The van der Waals surface area contributed by atoms with Crippen LogP contribution >= 0.6 is 23.4 Å². The van der Waals surface area contributed by atoms with Crippen molar-refractivity contribution in [2.24, 2.45) is 0 Å². The van der Waals surface area contributed by atoms with E-state index in [4.69, 9.17) is 17.3 Å². The smallest absolute Gasteiger partial charge is 0.143 e. The number of nitrogens with one attached hydrogen (secondary N) is 1.